The molecule has 0 radical (unpaired) electrons. The number of sulfone groups is 1. The quantitative estimate of drug-likeness (QED) is 0.724. The Balaban J connectivity index is 3.22. The Morgan fingerprint density at radius 2 is 1.83 bits per heavy atom. The first-order valence-corrected chi connectivity index (χ1v) is 8.38. The van der Waals surface area contributed by atoms with Gasteiger partial charge in [0.1, 0.15) is 0 Å². The van der Waals surface area contributed by atoms with Crippen molar-refractivity contribution in [3.8, 4) is 0 Å². The van der Waals surface area contributed by atoms with Crippen LogP contribution in [0.3, 0.4) is 0 Å². The maximum absolute atomic E-state index is 12.1. The van der Waals surface area contributed by atoms with E-state index >= 15 is 0 Å². The summed E-state index contributed by atoms with van der Waals surface area (Å²) in [6, 6.07) is 7.15. The summed E-state index contributed by atoms with van der Waals surface area (Å²) in [4.78, 5) is 2.45. The molecule has 0 aliphatic carbocycles. The van der Waals surface area contributed by atoms with E-state index in [2.05, 4.69) is 6.92 Å². The van der Waals surface area contributed by atoms with Gasteiger partial charge in [-0.05, 0) is 18.6 Å². The predicted molar refractivity (Wildman–Crippen MR) is 77.4 cm³/mol. The highest BCUT2D eigenvalue weighted by Gasteiger charge is 2.19. The van der Waals surface area contributed by atoms with E-state index in [1.54, 1.807) is 19.1 Å². The van der Waals surface area contributed by atoms with Crippen molar-refractivity contribution in [2.45, 2.75) is 25.2 Å². The van der Waals surface area contributed by atoms with Crippen LogP contribution >= 0.6 is 11.6 Å². The molecule has 1 rings (SSSR count). The zero-order valence-electron chi connectivity index (χ0n) is 10.9. The van der Waals surface area contributed by atoms with E-state index in [4.69, 9.17) is 11.6 Å². The molecule has 0 heterocycles. The average Bonchev–Trinajstić information content (AvgIpc) is 2.38. The molecule has 0 fully saturated rings. The van der Waals surface area contributed by atoms with Gasteiger partial charge in [0.2, 0.25) is 0 Å². The molecule has 0 bridgehead atoms. The van der Waals surface area contributed by atoms with Crippen LogP contribution in [0, 0.1) is 0 Å². The summed E-state index contributed by atoms with van der Waals surface area (Å²) in [5, 5.41) is 0. The summed E-state index contributed by atoms with van der Waals surface area (Å²) in [6.45, 7) is 5.20. The number of benzene rings is 1. The number of rotatable bonds is 7. The second-order valence-electron chi connectivity index (χ2n) is 4.05. The molecular formula is C13H20ClNO2S. The summed E-state index contributed by atoms with van der Waals surface area (Å²) in [6.07, 6.45) is 0.956. The molecule has 18 heavy (non-hydrogen) atoms. The summed E-state index contributed by atoms with van der Waals surface area (Å²) in [7, 11) is -3.20. The number of para-hydroxylation sites is 1. The first-order chi connectivity index (χ1) is 8.56. The Kier molecular flexibility index (Phi) is 5.96. The molecule has 102 valence electrons. The summed E-state index contributed by atoms with van der Waals surface area (Å²) >= 11 is 5.79. The number of nitrogens with zero attached hydrogens (tertiary/aromatic N) is 1. The van der Waals surface area contributed by atoms with E-state index in [9.17, 15) is 8.42 Å². The maximum atomic E-state index is 12.1. The zero-order chi connectivity index (χ0) is 13.6. The molecule has 0 atom stereocenters. The van der Waals surface area contributed by atoms with Crippen molar-refractivity contribution < 1.29 is 8.42 Å². The normalized spacial score (nSPS) is 11.5. The topological polar surface area (TPSA) is 37.4 Å². The standard InChI is InChI=1S/C13H20ClNO2S/c1-3-10-15(11-9-14)12-7-5-6-8-13(12)18(16,17)4-2/h5-8H,3-4,9-11H2,1-2H3. The van der Waals surface area contributed by atoms with Crippen LogP contribution in [0.2, 0.25) is 0 Å². The Morgan fingerprint density at radius 1 is 1.17 bits per heavy atom. The van der Waals surface area contributed by atoms with E-state index < -0.39 is 9.84 Å². The fourth-order valence-corrected chi connectivity index (χ4v) is 3.18. The van der Waals surface area contributed by atoms with Crippen molar-refractivity contribution in [3.63, 3.8) is 0 Å². The SMILES string of the molecule is CCCN(CCCl)c1ccccc1S(=O)(=O)CC. The van der Waals surface area contributed by atoms with E-state index in [1.807, 2.05) is 17.0 Å². The van der Waals surface area contributed by atoms with Crippen LogP contribution in [-0.4, -0.2) is 33.1 Å². The Morgan fingerprint density at radius 3 is 2.39 bits per heavy atom. The molecule has 0 aromatic heterocycles. The Labute approximate surface area is 115 Å². The number of alkyl halides is 1. The Bertz CT molecular complexity index is 468. The van der Waals surface area contributed by atoms with Gasteiger partial charge in [0.15, 0.2) is 9.84 Å². The van der Waals surface area contributed by atoms with Crippen molar-refractivity contribution >= 4 is 27.1 Å². The zero-order valence-corrected chi connectivity index (χ0v) is 12.5. The molecule has 0 spiro atoms. The first kappa shape index (κ1) is 15.3. The number of hydrogen-bond donors (Lipinski definition) is 0. The third kappa shape index (κ3) is 3.62. The first-order valence-electron chi connectivity index (χ1n) is 6.19. The highest BCUT2D eigenvalue weighted by Crippen LogP contribution is 2.26. The van der Waals surface area contributed by atoms with Crippen molar-refractivity contribution in [1.29, 1.82) is 0 Å². The van der Waals surface area contributed by atoms with Crippen LogP contribution in [0.4, 0.5) is 5.69 Å². The van der Waals surface area contributed by atoms with Crippen LogP contribution in [-0.2, 0) is 9.84 Å². The van der Waals surface area contributed by atoms with Crippen molar-refractivity contribution in [2.24, 2.45) is 0 Å². The molecule has 0 aliphatic rings. The lowest BCUT2D eigenvalue weighted by molar-refractivity contribution is 0.596. The minimum atomic E-state index is -3.20. The maximum Gasteiger partial charge on any atom is 0.180 e. The van der Waals surface area contributed by atoms with Gasteiger partial charge in [-0.15, -0.1) is 11.6 Å². The molecule has 1 aromatic rings. The second kappa shape index (κ2) is 7.00. The van der Waals surface area contributed by atoms with Gasteiger partial charge in [0.05, 0.1) is 16.3 Å². The van der Waals surface area contributed by atoms with Gasteiger partial charge < -0.3 is 4.90 Å². The molecule has 1 aromatic carbocycles. The predicted octanol–water partition coefficient (Wildman–Crippen LogP) is 2.94. The molecule has 5 heteroatoms. The highest BCUT2D eigenvalue weighted by atomic mass is 35.5. The minimum Gasteiger partial charge on any atom is -0.369 e. The molecule has 0 unspecified atom stereocenters. The molecule has 0 N–H and O–H groups in total. The number of hydrogen-bond acceptors (Lipinski definition) is 3. The minimum absolute atomic E-state index is 0.116. The summed E-state index contributed by atoms with van der Waals surface area (Å²) in [5.74, 6) is 0.603. The van der Waals surface area contributed by atoms with E-state index in [0.29, 0.717) is 17.3 Å². The van der Waals surface area contributed by atoms with Gasteiger partial charge >= 0.3 is 0 Å². The smallest absolute Gasteiger partial charge is 0.180 e. The van der Waals surface area contributed by atoms with Crippen LogP contribution in [0.1, 0.15) is 20.3 Å². The lowest BCUT2D eigenvalue weighted by atomic mass is 10.2. The van der Waals surface area contributed by atoms with Gasteiger partial charge in [-0.25, -0.2) is 8.42 Å². The highest BCUT2D eigenvalue weighted by molar-refractivity contribution is 7.91. The van der Waals surface area contributed by atoms with E-state index in [0.717, 1.165) is 18.7 Å². The van der Waals surface area contributed by atoms with Crippen molar-refractivity contribution in [2.75, 3.05) is 29.6 Å². The van der Waals surface area contributed by atoms with E-state index in [1.165, 1.54) is 0 Å². The summed E-state index contributed by atoms with van der Waals surface area (Å²) < 4.78 is 24.2. The van der Waals surface area contributed by atoms with Crippen molar-refractivity contribution in [1.82, 2.24) is 0 Å². The molecular weight excluding hydrogens is 270 g/mol. The van der Waals surface area contributed by atoms with Gasteiger partial charge in [-0.2, -0.15) is 0 Å². The van der Waals surface area contributed by atoms with Gasteiger partial charge in [-0.3, -0.25) is 0 Å². The lowest BCUT2D eigenvalue weighted by Crippen LogP contribution is -2.28. The monoisotopic (exact) mass is 289 g/mol. The Hall–Kier alpha value is -0.740. The lowest BCUT2D eigenvalue weighted by Gasteiger charge is -2.25. The molecule has 0 saturated heterocycles. The molecule has 0 aliphatic heterocycles. The average molecular weight is 290 g/mol. The molecule has 0 amide bonds. The number of anilines is 1. The van der Waals surface area contributed by atoms with Crippen LogP contribution in [0.25, 0.3) is 0 Å². The summed E-state index contributed by atoms with van der Waals surface area (Å²) in [5.41, 5.74) is 0.766. The van der Waals surface area contributed by atoms with Crippen LogP contribution in [0.15, 0.2) is 29.2 Å². The fraction of sp³-hybridized carbons (Fsp3) is 0.538. The van der Waals surface area contributed by atoms with Crippen molar-refractivity contribution in [3.05, 3.63) is 24.3 Å². The second-order valence-corrected chi connectivity index (χ2v) is 6.67. The largest absolute Gasteiger partial charge is 0.369 e. The van der Waals surface area contributed by atoms with E-state index in [-0.39, 0.29) is 5.75 Å². The van der Waals surface area contributed by atoms with Gasteiger partial charge in [0.25, 0.3) is 0 Å². The third-order valence-electron chi connectivity index (χ3n) is 2.77. The van der Waals surface area contributed by atoms with Crippen LogP contribution < -0.4 is 4.90 Å². The third-order valence-corrected chi connectivity index (χ3v) is 4.71. The van der Waals surface area contributed by atoms with Crippen LogP contribution in [0.5, 0.6) is 0 Å². The number of halogens is 1. The van der Waals surface area contributed by atoms with Gasteiger partial charge in [-0.1, -0.05) is 26.0 Å². The molecule has 0 saturated carbocycles. The van der Waals surface area contributed by atoms with Gasteiger partial charge in [0, 0.05) is 19.0 Å². The fourth-order valence-electron chi connectivity index (χ4n) is 1.86. The molecule has 3 nitrogen and oxygen atoms in total.